The van der Waals surface area contributed by atoms with Crippen molar-refractivity contribution in [1.29, 1.82) is 0 Å². The summed E-state index contributed by atoms with van der Waals surface area (Å²) in [7, 11) is 1.28. The number of nitrogens with zero attached hydrogens (tertiary/aromatic N) is 3. The second kappa shape index (κ2) is 15.7. The van der Waals surface area contributed by atoms with Gasteiger partial charge < -0.3 is 25.0 Å². The lowest BCUT2D eigenvalue weighted by molar-refractivity contribution is -0.157. The number of nitrogens with one attached hydrogen (secondary N) is 3. The highest BCUT2D eigenvalue weighted by atomic mass is 16.5. The van der Waals surface area contributed by atoms with E-state index in [0.29, 0.717) is 38.0 Å². The number of carbonyl (C=O) groups excluding carboxylic acids is 5. The van der Waals surface area contributed by atoms with E-state index >= 15 is 0 Å². The number of hydrazine groups is 1. The van der Waals surface area contributed by atoms with Gasteiger partial charge in [0.15, 0.2) is 0 Å². The second-order valence-corrected chi connectivity index (χ2v) is 12.0. The van der Waals surface area contributed by atoms with E-state index in [1.165, 1.54) is 17.0 Å². The number of methoxy groups -OCH3 is 1. The summed E-state index contributed by atoms with van der Waals surface area (Å²) in [5, 5.41) is 7.71. The van der Waals surface area contributed by atoms with E-state index in [4.69, 9.17) is 14.5 Å². The lowest BCUT2D eigenvalue weighted by atomic mass is 10.0. The first-order chi connectivity index (χ1) is 22.0. The van der Waals surface area contributed by atoms with Gasteiger partial charge in [-0.1, -0.05) is 44.2 Å². The number of ether oxygens (including phenoxy) is 2. The number of fused-ring (bicyclic) bond motifs is 4. The van der Waals surface area contributed by atoms with Crippen molar-refractivity contribution in [2.45, 2.75) is 77.6 Å². The van der Waals surface area contributed by atoms with E-state index in [-0.39, 0.29) is 18.9 Å². The first kappa shape index (κ1) is 34.4. The number of pyridine rings is 1. The standard InChI is InChI=1S/C33H44N6O7/c1-20(2)29-30(41)34-21(3)31(42)39-17-8-10-26(37-39)32(43)46-22(4)25-14-13-24-12-11-23(19-27(24)35-25)9-6-7-16-38(33(44)45-5)18-15-28(40)36-29/h6,9,11-14,19-22,26,29,37H,7-8,10,15-18H2,1-5H3,(H,34,41)(H,36,40)/b9-6+/t21-,22+,26-,29-/m0/s1. The van der Waals surface area contributed by atoms with Crippen LogP contribution in [0.5, 0.6) is 0 Å². The van der Waals surface area contributed by atoms with Gasteiger partial charge in [0.2, 0.25) is 11.8 Å². The normalized spacial score (nSPS) is 25.0. The van der Waals surface area contributed by atoms with Crippen molar-refractivity contribution in [2.24, 2.45) is 5.92 Å². The molecule has 4 atom stereocenters. The molecular weight excluding hydrogens is 592 g/mol. The number of cyclic esters (lactones) is 1. The summed E-state index contributed by atoms with van der Waals surface area (Å²) in [6.45, 7) is 7.64. The molecule has 13 nitrogen and oxygen atoms in total. The van der Waals surface area contributed by atoms with E-state index in [2.05, 4.69) is 16.1 Å². The topological polar surface area (TPSA) is 159 Å². The van der Waals surface area contributed by atoms with Crippen LogP contribution in [0.25, 0.3) is 17.0 Å². The molecule has 0 aliphatic carbocycles. The molecule has 0 unspecified atom stereocenters. The third kappa shape index (κ3) is 8.81. The second-order valence-electron chi connectivity index (χ2n) is 12.0. The molecule has 4 amide bonds. The van der Waals surface area contributed by atoms with E-state index in [9.17, 15) is 24.0 Å². The molecule has 1 aromatic carbocycles. The molecule has 13 heteroatoms. The average Bonchev–Trinajstić information content (AvgIpc) is 3.05. The minimum Gasteiger partial charge on any atom is -0.455 e. The SMILES string of the molecule is COC(=O)N1CC/C=C/c2ccc3ccc(nc3c2)[C@@H](C)OC(=O)[C@@H]2CCCN(N2)C(=O)[C@H](C)NC(=O)[C@H](C(C)C)NC(=O)CC1. The first-order valence-electron chi connectivity index (χ1n) is 15.7. The van der Waals surface area contributed by atoms with Gasteiger partial charge in [-0.05, 0) is 56.7 Å². The Kier molecular flexibility index (Phi) is 11.7. The summed E-state index contributed by atoms with van der Waals surface area (Å²) in [6.07, 6.45) is 4.15. The van der Waals surface area contributed by atoms with Gasteiger partial charge in [-0.3, -0.25) is 24.2 Å². The number of rotatable bonds is 1. The molecule has 1 saturated heterocycles. The summed E-state index contributed by atoms with van der Waals surface area (Å²) < 4.78 is 10.7. The summed E-state index contributed by atoms with van der Waals surface area (Å²) >= 11 is 0. The highest BCUT2D eigenvalue weighted by Crippen LogP contribution is 2.22. The summed E-state index contributed by atoms with van der Waals surface area (Å²) in [6, 6.07) is 7.00. The van der Waals surface area contributed by atoms with Crippen LogP contribution in [0.1, 0.15) is 70.7 Å². The molecule has 1 aromatic heterocycles. The number of aromatic nitrogens is 1. The molecule has 3 heterocycles. The van der Waals surface area contributed by atoms with Gasteiger partial charge in [-0.2, -0.15) is 0 Å². The van der Waals surface area contributed by atoms with Crippen molar-refractivity contribution in [3.63, 3.8) is 0 Å². The van der Waals surface area contributed by atoms with Crippen molar-refractivity contribution in [3.8, 4) is 0 Å². The molecule has 4 rings (SSSR count). The first-order valence-corrected chi connectivity index (χ1v) is 15.7. The van der Waals surface area contributed by atoms with Crippen molar-refractivity contribution in [1.82, 2.24) is 31.0 Å². The number of benzene rings is 1. The van der Waals surface area contributed by atoms with Crippen LogP contribution in [0.4, 0.5) is 4.79 Å². The van der Waals surface area contributed by atoms with Gasteiger partial charge in [-0.15, -0.1) is 0 Å². The van der Waals surface area contributed by atoms with Gasteiger partial charge in [0.25, 0.3) is 5.91 Å². The Morgan fingerprint density at radius 2 is 1.80 bits per heavy atom. The van der Waals surface area contributed by atoms with Crippen LogP contribution < -0.4 is 16.1 Å². The zero-order valence-electron chi connectivity index (χ0n) is 27.1. The van der Waals surface area contributed by atoms with Crippen molar-refractivity contribution in [3.05, 3.63) is 47.7 Å². The third-order valence-corrected chi connectivity index (χ3v) is 8.10. The molecule has 0 spiro atoms. The molecule has 0 saturated carbocycles. The zero-order valence-corrected chi connectivity index (χ0v) is 27.1. The van der Waals surface area contributed by atoms with Crippen LogP contribution in [0.2, 0.25) is 0 Å². The van der Waals surface area contributed by atoms with E-state index in [1.807, 2.05) is 42.5 Å². The summed E-state index contributed by atoms with van der Waals surface area (Å²) in [4.78, 5) is 71.1. The molecule has 1 fully saturated rings. The Bertz CT molecular complexity index is 1480. The molecule has 2 aliphatic rings. The summed E-state index contributed by atoms with van der Waals surface area (Å²) in [5.74, 6) is -2.14. The van der Waals surface area contributed by atoms with Crippen molar-refractivity contribution < 1.29 is 33.4 Å². The van der Waals surface area contributed by atoms with Crippen LogP contribution in [0.3, 0.4) is 0 Å². The third-order valence-electron chi connectivity index (χ3n) is 8.10. The Morgan fingerprint density at radius 3 is 2.54 bits per heavy atom. The van der Waals surface area contributed by atoms with Crippen LogP contribution >= 0.6 is 0 Å². The monoisotopic (exact) mass is 636 g/mol. The van der Waals surface area contributed by atoms with Gasteiger partial charge in [0, 0.05) is 31.4 Å². The molecular formula is C33H44N6O7. The maximum Gasteiger partial charge on any atom is 0.409 e. The average molecular weight is 637 g/mol. The number of hydrogen-bond donors (Lipinski definition) is 3. The van der Waals surface area contributed by atoms with Gasteiger partial charge in [-0.25, -0.2) is 15.2 Å². The van der Waals surface area contributed by atoms with Gasteiger partial charge in [0.05, 0.1) is 18.3 Å². The van der Waals surface area contributed by atoms with E-state index in [1.54, 1.807) is 27.7 Å². The number of esters is 1. The van der Waals surface area contributed by atoms with Crippen LogP contribution in [-0.2, 0) is 28.7 Å². The molecule has 5 bridgehead atoms. The molecule has 3 N–H and O–H groups in total. The molecule has 248 valence electrons. The maximum atomic E-state index is 13.3. The lowest BCUT2D eigenvalue weighted by Gasteiger charge is -2.35. The Labute approximate surface area is 269 Å². The number of hydrogen-bond acceptors (Lipinski definition) is 9. The maximum absolute atomic E-state index is 13.3. The quantitative estimate of drug-likeness (QED) is 0.400. The predicted molar refractivity (Wildman–Crippen MR) is 171 cm³/mol. The van der Waals surface area contributed by atoms with Gasteiger partial charge >= 0.3 is 12.1 Å². The van der Waals surface area contributed by atoms with E-state index in [0.717, 1.165) is 16.5 Å². The fourth-order valence-electron chi connectivity index (χ4n) is 5.40. The number of carbonyl (C=O) groups is 5. The summed E-state index contributed by atoms with van der Waals surface area (Å²) in [5.41, 5.74) is 5.19. The fraction of sp³-hybridized carbons (Fsp3) is 0.515. The largest absolute Gasteiger partial charge is 0.455 e. The smallest absolute Gasteiger partial charge is 0.409 e. The molecule has 46 heavy (non-hydrogen) atoms. The zero-order chi connectivity index (χ0) is 33.4. The molecule has 0 radical (unpaired) electrons. The Hall–Kier alpha value is -4.52. The van der Waals surface area contributed by atoms with Crippen molar-refractivity contribution >= 4 is 46.8 Å². The van der Waals surface area contributed by atoms with Gasteiger partial charge in [0.1, 0.15) is 24.2 Å². The molecule has 2 aliphatic heterocycles. The highest BCUT2D eigenvalue weighted by Gasteiger charge is 2.34. The van der Waals surface area contributed by atoms with Crippen LogP contribution in [-0.4, -0.2) is 89.5 Å². The van der Waals surface area contributed by atoms with Crippen LogP contribution in [0.15, 0.2) is 36.4 Å². The minimum atomic E-state index is -0.934. The van der Waals surface area contributed by atoms with Crippen molar-refractivity contribution in [2.75, 3.05) is 26.7 Å². The van der Waals surface area contributed by atoms with E-state index < -0.39 is 54.0 Å². The number of amides is 4. The Balaban J connectivity index is 1.59. The van der Waals surface area contributed by atoms with Crippen LogP contribution in [0, 0.1) is 5.92 Å². The predicted octanol–water partition coefficient (Wildman–Crippen LogP) is 2.86. The molecule has 2 aromatic rings. The fourth-order valence-corrected chi connectivity index (χ4v) is 5.40. The minimum absolute atomic E-state index is 0.0456. The Morgan fingerprint density at radius 1 is 1.04 bits per heavy atom. The lowest BCUT2D eigenvalue weighted by Crippen LogP contribution is -2.61. The highest BCUT2D eigenvalue weighted by molar-refractivity contribution is 5.92.